The van der Waals surface area contributed by atoms with Gasteiger partial charge in [0.2, 0.25) is 0 Å². The van der Waals surface area contributed by atoms with Gasteiger partial charge in [0, 0.05) is 24.7 Å². The van der Waals surface area contributed by atoms with E-state index in [1.165, 1.54) is 25.7 Å². The number of hydrogen-bond acceptors (Lipinski definition) is 3. The van der Waals surface area contributed by atoms with Crippen LogP contribution < -0.4 is 11.1 Å². The summed E-state index contributed by atoms with van der Waals surface area (Å²) in [5.41, 5.74) is 5.79. The number of rotatable bonds is 4. The molecule has 6 heteroatoms. The van der Waals surface area contributed by atoms with E-state index in [0.717, 1.165) is 12.8 Å². The molecule has 1 aliphatic carbocycles. The Morgan fingerprint density at radius 1 is 1.32 bits per heavy atom. The summed E-state index contributed by atoms with van der Waals surface area (Å²) in [7, 11) is 0. The smallest absolute Gasteiger partial charge is 0.188 e. The molecule has 19 heavy (non-hydrogen) atoms. The van der Waals surface area contributed by atoms with Crippen molar-refractivity contribution in [2.24, 2.45) is 16.1 Å². The highest BCUT2D eigenvalue weighted by Crippen LogP contribution is 2.30. The van der Waals surface area contributed by atoms with Gasteiger partial charge in [0.25, 0.3) is 0 Å². The van der Waals surface area contributed by atoms with Gasteiger partial charge in [-0.25, -0.2) is 0 Å². The van der Waals surface area contributed by atoms with Crippen LogP contribution in [0.4, 0.5) is 0 Å². The van der Waals surface area contributed by atoms with Crippen molar-refractivity contribution in [2.45, 2.75) is 44.6 Å². The summed E-state index contributed by atoms with van der Waals surface area (Å²) in [6.07, 6.45) is 6.67. The van der Waals surface area contributed by atoms with Gasteiger partial charge in [0.05, 0.1) is 13.2 Å². The van der Waals surface area contributed by atoms with Gasteiger partial charge in [0.1, 0.15) is 0 Å². The van der Waals surface area contributed by atoms with Crippen molar-refractivity contribution in [2.75, 3.05) is 26.4 Å². The van der Waals surface area contributed by atoms with Crippen LogP contribution in [-0.2, 0) is 4.74 Å². The fraction of sp³-hybridized carbons (Fsp3) is 0.923. The molecule has 2 fully saturated rings. The number of nitrogens with two attached hydrogens (primary N) is 1. The van der Waals surface area contributed by atoms with Crippen molar-refractivity contribution in [3.63, 3.8) is 0 Å². The van der Waals surface area contributed by atoms with Crippen LogP contribution in [0.25, 0.3) is 0 Å². The zero-order chi connectivity index (χ0) is 12.8. The molecule has 1 saturated heterocycles. The Labute approximate surface area is 132 Å². The Morgan fingerprint density at radius 2 is 1.95 bits per heavy atom. The Hall–Kier alpha value is -0.0800. The van der Waals surface area contributed by atoms with Crippen molar-refractivity contribution < 1.29 is 9.84 Å². The number of aliphatic imine (C=N–C) groups is 1. The molecule has 0 spiro atoms. The Kier molecular flexibility index (Phi) is 7.38. The average molecular weight is 383 g/mol. The number of nitrogens with zero attached hydrogens (tertiary/aromatic N) is 1. The maximum atomic E-state index is 9.55. The van der Waals surface area contributed by atoms with Crippen LogP contribution in [0.15, 0.2) is 4.99 Å². The lowest BCUT2D eigenvalue weighted by Crippen LogP contribution is -2.41. The van der Waals surface area contributed by atoms with Gasteiger partial charge in [-0.1, -0.05) is 12.8 Å². The molecule has 5 nitrogen and oxygen atoms in total. The highest BCUT2D eigenvalue weighted by molar-refractivity contribution is 14.0. The van der Waals surface area contributed by atoms with Crippen molar-refractivity contribution in [3.05, 3.63) is 0 Å². The largest absolute Gasteiger partial charge is 0.396 e. The van der Waals surface area contributed by atoms with E-state index in [0.29, 0.717) is 31.8 Å². The summed E-state index contributed by atoms with van der Waals surface area (Å²) in [6, 6.07) is 0.494. The second-order valence-corrected chi connectivity index (χ2v) is 5.60. The van der Waals surface area contributed by atoms with E-state index >= 15 is 0 Å². The van der Waals surface area contributed by atoms with E-state index in [1.54, 1.807) is 0 Å². The zero-order valence-corrected chi connectivity index (χ0v) is 13.8. The maximum absolute atomic E-state index is 9.55. The van der Waals surface area contributed by atoms with Gasteiger partial charge in [-0.2, -0.15) is 0 Å². The van der Waals surface area contributed by atoms with E-state index in [9.17, 15) is 5.11 Å². The molecule has 0 amide bonds. The lowest BCUT2D eigenvalue weighted by Gasteiger charge is -2.34. The van der Waals surface area contributed by atoms with Gasteiger partial charge in [-0.3, -0.25) is 4.99 Å². The number of aliphatic hydroxyl groups is 1. The average Bonchev–Trinajstić information content (AvgIpc) is 2.90. The molecule has 1 heterocycles. The molecule has 0 atom stereocenters. The van der Waals surface area contributed by atoms with Gasteiger partial charge < -0.3 is 20.9 Å². The summed E-state index contributed by atoms with van der Waals surface area (Å²) in [6.45, 7) is 2.19. The number of guanidine groups is 1. The topological polar surface area (TPSA) is 79.9 Å². The van der Waals surface area contributed by atoms with Crippen LogP contribution in [0.3, 0.4) is 0 Å². The molecule has 1 saturated carbocycles. The van der Waals surface area contributed by atoms with E-state index in [-0.39, 0.29) is 36.0 Å². The summed E-state index contributed by atoms with van der Waals surface area (Å²) in [5, 5.41) is 12.8. The van der Waals surface area contributed by atoms with Crippen molar-refractivity contribution >= 4 is 29.9 Å². The second kappa shape index (κ2) is 8.26. The standard InChI is InChI=1S/C13H25N3O2.HI/c14-12(16-11-3-1-2-4-11)15-9-13(10-17)5-7-18-8-6-13;/h11,17H,1-10H2,(H3,14,15,16);1H. The van der Waals surface area contributed by atoms with Crippen molar-refractivity contribution in [1.29, 1.82) is 0 Å². The third-order valence-electron chi connectivity index (χ3n) is 4.18. The molecule has 0 aromatic heterocycles. The Bertz CT molecular complexity index is 288. The predicted molar refractivity (Wildman–Crippen MR) is 86.9 cm³/mol. The maximum Gasteiger partial charge on any atom is 0.188 e. The second-order valence-electron chi connectivity index (χ2n) is 5.60. The fourth-order valence-electron chi connectivity index (χ4n) is 2.75. The molecule has 4 N–H and O–H groups in total. The Balaban J connectivity index is 0.00000180. The summed E-state index contributed by atoms with van der Waals surface area (Å²) in [5.74, 6) is 0.529. The molecule has 2 aliphatic rings. The monoisotopic (exact) mass is 383 g/mol. The van der Waals surface area contributed by atoms with Crippen molar-refractivity contribution in [3.8, 4) is 0 Å². The predicted octanol–water partition coefficient (Wildman–Crippen LogP) is 1.24. The van der Waals surface area contributed by atoms with Crippen molar-refractivity contribution in [1.82, 2.24) is 5.32 Å². The normalized spacial score (nSPS) is 23.9. The molecule has 1 aliphatic heterocycles. The number of ether oxygens (including phenoxy) is 1. The number of nitrogens with one attached hydrogen (secondary N) is 1. The van der Waals surface area contributed by atoms with Crippen LogP contribution in [0.2, 0.25) is 0 Å². The lowest BCUT2D eigenvalue weighted by molar-refractivity contribution is -0.0106. The van der Waals surface area contributed by atoms with Gasteiger partial charge in [0.15, 0.2) is 5.96 Å². The van der Waals surface area contributed by atoms with E-state index < -0.39 is 0 Å². The first kappa shape index (κ1) is 17.0. The first-order valence-electron chi connectivity index (χ1n) is 6.99. The quantitative estimate of drug-likeness (QED) is 0.388. The first-order chi connectivity index (χ1) is 8.74. The number of aliphatic hydroxyl groups excluding tert-OH is 1. The minimum Gasteiger partial charge on any atom is -0.396 e. The Morgan fingerprint density at radius 3 is 2.53 bits per heavy atom. The SMILES string of the molecule is I.NC(=NCC1(CO)CCOCC1)NC1CCCC1. The molecule has 0 aromatic carbocycles. The molecule has 0 radical (unpaired) electrons. The highest BCUT2D eigenvalue weighted by atomic mass is 127. The van der Waals surface area contributed by atoms with Gasteiger partial charge in [-0.05, 0) is 25.7 Å². The molecule has 2 rings (SSSR count). The molecule has 0 unspecified atom stereocenters. The molecule has 0 bridgehead atoms. The number of hydrogen-bond donors (Lipinski definition) is 3. The van der Waals surface area contributed by atoms with Gasteiger partial charge in [-0.15, -0.1) is 24.0 Å². The van der Waals surface area contributed by atoms with Crippen LogP contribution in [-0.4, -0.2) is 43.5 Å². The molecular weight excluding hydrogens is 357 g/mol. The summed E-state index contributed by atoms with van der Waals surface area (Å²) in [4.78, 5) is 4.42. The lowest BCUT2D eigenvalue weighted by atomic mass is 9.81. The van der Waals surface area contributed by atoms with E-state index in [4.69, 9.17) is 10.5 Å². The number of halogens is 1. The van der Waals surface area contributed by atoms with E-state index in [1.807, 2.05) is 0 Å². The minimum absolute atomic E-state index is 0. The van der Waals surface area contributed by atoms with Crippen LogP contribution in [0, 0.1) is 5.41 Å². The first-order valence-corrected chi connectivity index (χ1v) is 6.99. The molecule has 112 valence electrons. The van der Waals surface area contributed by atoms with Crippen LogP contribution in [0.1, 0.15) is 38.5 Å². The van der Waals surface area contributed by atoms with E-state index in [2.05, 4.69) is 10.3 Å². The highest BCUT2D eigenvalue weighted by Gasteiger charge is 2.31. The minimum atomic E-state index is -0.125. The fourth-order valence-corrected chi connectivity index (χ4v) is 2.75. The van der Waals surface area contributed by atoms with Gasteiger partial charge >= 0.3 is 0 Å². The van der Waals surface area contributed by atoms with Crippen LogP contribution >= 0.6 is 24.0 Å². The summed E-state index contributed by atoms with van der Waals surface area (Å²) >= 11 is 0. The molecule has 0 aromatic rings. The molecular formula is C13H26IN3O2. The summed E-state index contributed by atoms with van der Waals surface area (Å²) < 4.78 is 5.33. The third-order valence-corrected chi connectivity index (χ3v) is 4.18. The third kappa shape index (κ3) is 5.07. The van der Waals surface area contributed by atoms with Crippen LogP contribution in [0.5, 0.6) is 0 Å². The zero-order valence-electron chi connectivity index (χ0n) is 11.4.